The van der Waals surface area contributed by atoms with Gasteiger partial charge < -0.3 is 5.32 Å². The summed E-state index contributed by atoms with van der Waals surface area (Å²) in [5.74, 6) is -0.738. The lowest BCUT2D eigenvalue weighted by atomic mass is 10.4. The zero-order valence-corrected chi connectivity index (χ0v) is 9.52. The predicted octanol–water partition coefficient (Wildman–Crippen LogP) is 1.85. The predicted molar refractivity (Wildman–Crippen MR) is 53.2 cm³/mol. The molecular formula is C7H5BrClF2N3O. The highest BCUT2D eigenvalue weighted by atomic mass is 79.9. The number of rotatable bonds is 3. The van der Waals surface area contributed by atoms with Crippen molar-refractivity contribution in [2.24, 2.45) is 0 Å². The van der Waals surface area contributed by atoms with Crippen LogP contribution in [0.2, 0.25) is 5.15 Å². The van der Waals surface area contributed by atoms with Crippen LogP contribution in [0.3, 0.4) is 0 Å². The summed E-state index contributed by atoms with van der Waals surface area (Å²) in [7, 11) is 0. The Morgan fingerprint density at radius 3 is 2.67 bits per heavy atom. The molecule has 0 radical (unpaired) electrons. The zero-order valence-electron chi connectivity index (χ0n) is 7.18. The maximum atomic E-state index is 12.3. The van der Waals surface area contributed by atoms with E-state index < -0.39 is 17.3 Å². The molecule has 1 rings (SSSR count). The van der Waals surface area contributed by atoms with Gasteiger partial charge in [0.1, 0.15) is 10.8 Å². The topological polar surface area (TPSA) is 54.9 Å². The minimum Gasteiger partial charge on any atom is -0.344 e. The van der Waals surface area contributed by atoms with Gasteiger partial charge in [0.05, 0.1) is 18.9 Å². The van der Waals surface area contributed by atoms with Crippen molar-refractivity contribution in [1.29, 1.82) is 0 Å². The maximum absolute atomic E-state index is 12.3. The first-order valence-electron chi connectivity index (χ1n) is 3.71. The summed E-state index contributed by atoms with van der Waals surface area (Å²) >= 11 is 7.52. The quantitative estimate of drug-likeness (QED) is 0.867. The number of alkyl halides is 3. The van der Waals surface area contributed by atoms with E-state index in [9.17, 15) is 13.6 Å². The Morgan fingerprint density at radius 1 is 1.53 bits per heavy atom. The second-order valence-corrected chi connectivity index (χ2v) is 4.07. The van der Waals surface area contributed by atoms with Crippen LogP contribution in [-0.2, 0) is 0 Å². The van der Waals surface area contributed by atoms with Crippen LogP contribution in [0.1, 0.15) is 10.5 Å². The molecule has 1 amide bonds. The van der Waals surface area contributed by atoms with E-state index in [4.69, 9.17) is 11.6 Å². The summed E-state index contributed by atoms with van der Waals surface area (Å²) in [6.45, 7) is -0.823. The fourth-order valence-corrected chi connectivity index (χ4v) is 0.938. The highest BCUT2D eigenvalue weighted by Gasteiger charge is 2.24. The Labute approximate surface area is 97.2 Å². The Balaban J connectivity index is 2.58. The van der Waals surface area contributed by atoms with Gasteiger partial charge >= 0.3 is 4.83 Å². The highest BCUT2D eigenvalue weighted by molar-refractivity contribution is 9.10. The van der Waals surface area contributed by atoms with E-state index in [-0.39, 0.29) is 10.8 Å². The van der Waals surface area contributed by atoms with Crippen molar-refractivity contribution in [2.45, 2.75) is 4.83 Å². The van der Waals surface area contributed by atoms with E-state index in [2.05, 4.69) is 25.9 Å². The van der Waals surface area contributed by atoms with Crippen molar-refractivity contribution in [2.75, 3.05) is 6.54 Å². The molecule has 1 heterocycles. The van der Waals surface area contributed by atoms with Crippen LogP contribution >= 0.6 is 27.5 Å². The first-order valence-corrected chi connectivity index (χ1v) is 4.88. The van der Waals surface area contributed by atoms with Crippen LogP contribution in [0.25, 0.3) is 0 Å². The van der Waals surface area contributed by atoms with Gasteiger partial charge in [0.15, 0.2) is 0 Å². The summed E-state index contributed by atoms with van der Waals surface area (Å²) < 4.78 is 24.6. The standard InChI is InChI=1S/C7H5BrClF2N3O/c8-7(10,11)3-14-6(15)4-1-13-5(9)2-12-4/h1-2H,3H2,(H,14,15). The van der Waals surface area contributed by atoms with Crippen LogP contribution in [0.5, 0.6) is 0 Å². The Bertz CT molecular complexity index is 354. The molecule has 0 atom stereocenters. The van der Waals surface area contributed by atoms with Gasteiger partial charge in [-0.15, -0.1) is 0 Å². The number of halogens is 4. The molecule has 1 N–H and O–H groups in total. The van der Waals surface area contributed by atoms with Crippen LogP contribution in [0, 0.1) is 0 Å². The minimum atomic E-state index is -3.14. The second kappa shape index (κ2) is 4.80. The van der Waals surface area contributed by atoms with Gasteiger partial charge in [-0.25, -0.2) is 9.97 Å². The molecule has 8 heteroatoms. The molecule has 0 bridgehead atoms. The van der Waals surface area contributed by atoms with E-state index in [1.807, 2.05) is 5.32 Å². The van der Waals surface area contributed by atoms with Gasteiger partial charge in [-0.1, -0.05) is 11.6 Å². The number of nitrogens with zero attached hydrogens (tertiary/aromatic N) is 2. The minimum absolute atomic E-state index is 0.0730. The molecule has 0 saturated carbocycles. The molecule has 0 aliphatic rings. The van der Waals surface area contributed by atoms with E-state index in [0.29, 0.717) is 0 Å². The van der Waals surface area contributed by atoms with Gasteiger partial charge in [0.2, 0.25) is 0 Å². The molecule has 0 spiro atoms. The average Bonchev–Trinajstić information content (AvgIpc) is 2.14. The van der Waals surface area contributed by atoms with Crippen molar-refractivity contribution in [1.82, 2.24) is 15.3 Å². The zero-order chi connectivity index (χ0) is 11.5. The van der Waals surface area contributed by atoms with Crippen molar-refractivity contribution in [3.05, 3.63) is 23.2 Å². The fraction of sp³-hybridized carbons (Fsp3) is 0.286. The summed E-state index contributed by atoms with van der Waals surface area (Å²) in [4.78, 5) is 15.3. The molecule has 15 heavy (non-hydrogen) atoms. The number of hydrogen-bond acceptors (Lipinski definition) is 3. The number of carbonyl (C=O) groups excluding carboxylic acids is 1. The van der Waals surface area contributed by atoms with Crippen LogP contribution < -0.4 is 5.32 Å². The molecule has 0 aromatic carbocycles. The number of carbonyl (C=O) groups is 1. The third-order valence-corrected chi connectivity index (χ3v) is 1.78. The molecule has 0 unspecified atom stereocenters. The summed E-state index contributed by atoms with van der Waals surface area (Å²) in [5, 5.41) is 2.10. The molecule has 0 aliphatic heterocycles. The van der Waals surface area contributed by atoms with Crippen LogP contribution in [0.4, 0.5) is 8.78 Å². The van der Waals surface area contributed by atoms with Crippen molar-refractivity contribution < 1.29 is 13.6 Å². The number of aromatic nitrogens is 2. The monoisotopic (exact) mass is 299 g/mol. The summed E-state index contributed by atoms with van der Waals surface area (Å²) in [6.07, 6.45) is 2.26. The van der Waals surface area contributed by atoms with Crippen molar-refractivity contribution in [3.8, 4) is 0 Å². The van der Waals surface area contributed by atoms with Gasteiger partial charge in [-0.05, 0) is 15.9 Å². The lowest BCUT2D eigenvalue weighted by Gasteiger charge is -2.08. The smallest absolute Gasteiger partial charge is 0.318 e. The first-order chi connectivity index (χ1) is 6.88. The van der Waals surface area contributed by atoms with E-state index in [0.717, 1.165) is 12.4 Å². The van der Waals surface area contributed by atoms with E-state index in [1.54, 1.807) is 0 Å². The SMILES string of the molecule is O=C(NCC(F)(F)Br)c1cnc(Cl)cn1. The third kappa shape index (κ3) is 4.48. The van der Waals surface area contributed by atoms with E-state index >= 15 is 0 Å². The number of hydrogen-bond donors (Lipinski definition) is 1. The molecule has 82 valence electrons. The first kappa shape index (κ1) is 12.3. The van der Waals surface area contributed by atoms with Gasteiger partial charge in [0, 0.05) is 0 Å². The van der Waals surface area contributed by atoms with Crippen molar-refractivity contribution in [3.63, 3.8) is 0 Å². The third-order valence-electron chi connectivity index (χ3n) is 1.30. The molecule has 4 nitrogen and oxygen atoms in total. The molecular weight excluding hydrogens is 295 g/mol. The largest absolute Gasteiger partial charge is 0.344 e. The Kier molecular flexibility index (Phi) is 3.92. The van der Waals surface area contributed by atoms with Gasteiger partial charge in [-0.3, -0.25) is 4.79 Å². The molecule has 0 fully saturated rings. The Morgan fingerprint density at radius 2 is 2.20 bits per heavy atom. The van der Waals surface area contributed by atoms with Crippen LogP contribution in [0.15, 0.2) is 12.4 Å². The lowest BCUT2D eigenvalue weighted by molar-refractivity contribution is 0.0831. The van der Waals surface area contributed by atoms with Gasteiger partial charge in [0.25, 0.3) is 5.91 Å². The van der Waals surface area contributed by atoms with E-state index in [1.165, 1.54) is 0 Å². The number of nitrogens with one attached hydrogen (secondary N) is 1. The van der Waals surface area contributed by atoms with Crippen LogP contribution in [-0.4, -0.2) is 27.3 Å². The Hall–Kier alpha value is -0.820. The number of amides is 1. The maximum Gasteiger partial charge on any atom is 0.318 e. The van der Waals surface area contributed by atoms with Crippen molar-refractivity contribution >= 4 is 33.4 Å². The molecule has 1 aromatic heterocycles. The lowest BCUT2D eigenvalue weighted by Crippen LogP contribution is -2.33. The molecule has 1 aromatic rings. The second-order valence-electron chi connectivity index (χ2n) is 2.52. The fourth-order valence-electron chi connectivity index (χ4n) is 0.701. The molecule has 0 aliphatic carbocycles. The summed E-state index contributed by atoms with van der Waals surface area (Å²) in [5.41, 5.74) is -0.0730. The van der Waals surface area contributed by atoms with Gasteiger partial charge in [-0.2, -0.15) is 8.78 Å². The highest BCUT2D eigenvalue weighted by Crippen LogP contribution is 2.19. The molecule has 0 saturated heterocycles. The normalized spacial score (nSPS) is 11.2. The average molecular weight is 300 g/mol. The summed E-state index contributed by atoms with van der Waals surface area (Å²) in [6, 6.07) is 0.